The number of nitriles is 1. The molecule has 0 aliphatic rings. The van der Waals surface area contributed by atoms with Crippen molar-refractivity contribution in [2.45, 2.75) is 13.0 Å². The highest BCUT2D eigenvalue weighted by Crippen LogP contribution is 2.22. The smallest absolute Gasteiger partial charge is 0.174 e. The van der Waals surface area contributed by atoms with Crippen molar-refractivity contribution in [1.29, 1.82) is 5.26 Å². The first-order chi connectivity index (χ1) is 8.79. The molecule has 1 heterocycles. The number of furan rings is 1. The minimum atomic E-state index is 0.0563. The van der Waals surface area contributed by atoms with E-state index in [1.807, 2.05) is 43.3 Å². The highest BCUT2D eigenvalue weighted by Gasteiger charge is 2.06. The molecule has 1 N–H and O–H groups in total. The third-order valence-electron chi connectivity index (χ3n) is 2.56. The second-order valence-electron chi connectivity index (χ2n) is 3.90. The summed E-state index contributed by atoms with van der Waals surface area (Å²) >= 11 is 0. The molecule has 2 rings (SSSR count). The van der Waals surface area contributed by atoms with E-state index in [2.05, 4.69) is 5.32 Å². The van der Waals surface area contributed by atoms with Gasteiger partial charge in [-0.2, -0.15) is 5.26 Å². The summed E-state index contributed by atoms with van der Waals surface area (Å²) in [5.74, 6) is 0.681. The summed E-state index contributed by atoms with van der Waals surface area (Å²) in [7, 11) is 0. The van der Waals surface area contributed by atoms with Crippen LogP contribution in [0.5, 0.6) is 5.75 Å². The molecule has 92 valence electrons. The van der Waals surface area contributed by atoms with E-state index in [-0.39, 0.29) is 12.6 Å². The lowest BCUT2D eigenvalue weighted by Gasteiger charge is -2.14. The standard InChI is InChI=1S/C14H14N2O2/c1-11(12-5-7-17-10-12)16-13-3-2-4-14(9-13)18-8-6-15/h2-5,7,9-11,16H,8H2,1H3. The zero-order valence-corrected chi connectivity index (χ0v) is 10.1. The van der Waals surface area contributed by atoms with Crippen LogP contribution in [-0.4, -0.2) is 6.61 Å². The van der Waals surface area contributed by atoms with Gasteiger partial charge in [0.15, 0.2) is 6.61 Å². The van der Waals surface area contributed by atoms with Gasteiger partial charge in [-0.1, -0.05) is 6.07 Å². The van der Waals surface area contributed by atoms with Crippen LogP contribution in [0.2, 0.25) is 0 Å². The third kappa shape index (κ3) is 3.05. The molecule has 1 unspecified atom stereocenters. The lowest BCUT2D eigenvalue weighted by molar-refractivity contribution is 0.368. The van der Waals surface area contributed by atoms with Gasteiger partial charge in [0.25, 0.3) is 0 Å². The fourth-order valence-electron chi connectivity index (χ4n) is 1.65. The number of benzene rings is 1. The summed E-state index contributed by atoms with van der Waals surface area (Å²) in [6.45, 7) is 2.11. The monoisotopic (exact) mass is 242 g/mol. The highest BCUT2D eigenvalue weighted by molar-refractivity contribution is 5.49. The van der Waals surface area contributed by atoms with E-state index in [9.17, 15) is 0 Å². The quantitative estimate of drug-likeness (QED) is 0.873. The summed E-state index contributed by atoms with van der Waals surface area (Å²) in [5.41, 5.74) is 2.03. The van der Waals surface area contributed by atoms with Crippen LogP contribution < -0.4 is 10.1 Å². The number of anilines is 1. The highest BCUT2D eigenvalue weighted by atomic mass is 16.5. The second-order valence-corrected chi connectivity index (χ2v) is 3.90. The first-order valence-corrected chi connectivity index (χ1v) is 5.68. The molecule has 0 bridgehead atoms. The van der Waals surface area contributed by atoms with Gasteiger partial charge in [0.05, 0.1) is 18.6 Å². The number of hydrogen-bond acceptors (Lipinski definition) is 4. The van der Waals surface area contributed by atoms with Crippen LogP contribution in [0.3, 0.4) is 0 Å². The maximum absolute atomic E-state index is 8.47. The lowest BCUT2D eigenvalue weighted by atomic mass is 10.1. The molecule has 4 heteroatoms. The summed E-state index contributed by atoms with van der Waals surface area (Å²) in [6.07, 6.45) is 3.37. The fraction of sp³-hybridized carbons (Fsp3) is 0.214. The number of rotatable bonds is 5. The largest absolute Gasteiger partial charge is 0.479 e. The van der Waals surface area contributed by atoms with Crippen molar-refractivity contribution in [3.63, 3.8) is 0 Å². The van der Waals surface area contributed by atoms with Crippen molar-refractivity contribution in [2.24, 2.45) is 0 Å². The van der Waals surface area contributed by atoms with E-state index in [0.717, 1.165) is 11.3 Å². The molecule has 0 amide bonds. The molecule has 4 nitrogen and oxygen atoms in total. The summed E-state index contributed by atoms with van der Waals surface area (Å²) < 4.78 is 10.3. The van der Waals surface area contributed by atoms with Crippen LogP contribution in [0.25, 0.3) is 0 Å². The van der Waals surface area contributed by atoms with E-state index in [4.69, 9.17) is 14.4 Å². The molecule has 0 spiro atoms. The zero-order valence-electron chi connectivity index (χ0n) is 10.1. The van der Waals surface area contributed by atoms with Gasteiger partial charge < -0.3 is 14.5 Å². The average Bonchev–Trinajstić information content (AvgIpc) is 2.91. The van der Waals surface area contributed by atoms with Gasteiger partial charge in [-0.3, -0.25) is 0 Å². The van der Waals surface area contributed by atoms with Crippen molar-refractivity contribution < 1.29 is 9.15 Å². The van der Waals surface area contributed by atoms with E-state index in [1.165, 1.54) is 0 Å². The Hall–Kier alpha value is -2.41. The van der Waals surface area contributed by atoms with E-state index in [0.29, 0.717) is 5.75 Å². The number of nitrogens with zero attached hydrogens (tertiary/aromatic N) is 1. The molecular formula is C14H14N2O2. The van der Waals surface area contributed by atoms with E-state index in [1.54, 1.807) is 12.5 Å². The minimum Gasteiger partial charge on any atom is -0.479 e. The molecule has 0 saturated carbocycles. The Kier molecular flexibility index (Phi) is 3.87. The van der Waals surface area contributed by atoms with Crippen LogP contribution in [0.1, 0.15) is 18.5 Å². The number of nitrogens with one attached hydrogen (secondary N) is 1. The van der Waals surface area contributed by atoms with E-state index >= 15 is 0 Å². The Balaban J connectivity index is 2.03. The predicted octanol–water partition coefficient (Wildman–Crippen LogP) is 3.36. The predicted molar refractivity (Wildman–Crippen MR) is 68.3 cm³/mol. The maximum Gasteiger partial charge on any atom is 0.174 e. The number of hydrogen-bond donors (Lipinski definition) is 1. The SMILES string of the molecule is CC(Nc1cccc(OCC#N)c1)c1ccoc1. The minimum absolute atomic E-state index is 0.0563. The van der Waals surface area contributed by atoms with Crippen molar-refractivity contribution in [3.05, 3.63) is 48.4 Å². The van der Waals surface area contributed by atoms with Gasteiger partial charge in [0.1, 0.15) is 11.8 Å². The first-order valence-electron chi connectivity index (χ1n) is 5.68. The zero-order chi connectivity index (χ0) is 12.8. The third-order valence-corrected chi connectivity index (χ3v) is 2.56. The van der Waals surface area contributed by atoms with Gasteiger partial charge in [-0.25, -0.2) is 0 Å². The topological polar surface area (TPSA) is 58.2 Å². The van der Waals surface area contributed by atoms with E-state index < -0.39 is 0 Å². The Morgan fingerprint density at radius 1 is 1.44 bits per heavy atom. The molecule has 2 aromatic rings. The second kappa shape index (κ2) is 5.78. The molecule has 1 atom stereocenters. The van der Waals surface area contributed by atoms with Gasteiger partial charge in [-0.15, -0.1) is 0 Å². The molecule has 18 heavy (non-hydrogen) atoms. The molecule has 0 radical (unpaired) electrons. The van der Waals surface area contributed by atoms with Gasteiger partial charge >= 0.3 is 0 Å². The molecule has 1 aromatic heterocycles. The normalized spacial score (nSPS) is 11.6. The Labute approximate surface area is 106 Å². The van der Waals surface area contributed by atoms with Crippen molar-refractivity contribution in [3.8, 4) is 11.8 Å². The molecule has 1 aromatic carbocycles. The van der Waals surface area contributed by atoms with Crippen molar-refractivity contribution in [1.82, 2.24) is 0 Å². The number of ether oxygens (including phenoxy) is 1. The lowest BCUT2D eigenvalue weighted by Crippen LogP contribution is -2.05. The maximum atomic E-state index is 8.47. The molecular weight excluding hydrogens is 228 g/mol. The van der Waals surface area contributed by atoms with Crippen LogP contribution in [0.4, 0.5) is 5.69 Å². The Morgan fingerprint density at radius 2 is 2.33 bits per heavy atom. The van der Waals surface area contributed by atoms with Gasteiger partial charge in [0, 0.05) is 17.3 Å². The fourth-order valence-corrected chi connectivity index (χ4v) is 1.65. The molecule has 0 fully saturated rings. The Morgan fingerprint density at radius 3 is 3.06 bits per heavy atom. The first kappa shape index (κ1) is 12.1. The molecule has 0 saturated heterocycles. The average molecular weight is 242 g/mol. The van der Waals surface area contributed by atoms with Crippen LogP contribution in [-0.2, 0) is 0 Å². The van der Waals surface area contributed by atoms with Crippen LogP contribution in [0, 0.1) is 11.3 Å². The van der Waals surface area contributed by atoms with Crippen LogP contribution >= 0.6 is 0 Å². The molecule has 0 aliphatic heterocycles. The van der Waals surface area contributed by atoms with Gasteiger partial charge in [-0.05, 0) is 25.1 Å². The van der Waals surface area contributed by atoms with Crippen LogP contribution in [0.15, 0.2) is 47.3 Å². The van der Waals surface area contributed by atoms with Crippen molar-refractivity contribution in [2.75, 3.05) is 11.9 Å². The summed E-state index contributed by atoms with van der Waals surface area (Å²) in [5, 5.41) is 11.8. The molecule has 0 aliphatic carbocycles. The summed E-state index contributed by atoms with van der Waals surface area (Å²) in [4.78, 5) is 0. The summed E-state index contributed by atoms with van der Waals surface area (Å²) in [6, 6.07) is 11.5. The van der Waals surface area contributed by atoms with Crippen molar-refractivity contribution >= 4 is 5.69 Å². The Bertz CT molecular complexity index is 529. The van der Waals surface area contributed by atoms with Gasteiger partial charge in [0.2, 0.25) is 0 Å².